The van der Waals surface area contributed by atoms with E-state index in [0.717, 1.165) is 18.6 Å². The molecule has 1 aromatic rings. The van der Waals surface area contributed by atoms with Crippen LogP contribution in [0, 0.1) is 5.41 Å². The summed E-state index contributed by atoms with van der Waals surface area (Å²) in [5.41, 5.74) is 6.01. The number of rotatable bonds is 8. The monoisotopic (exact) mass is 456 g/mol. The van der Waals surface area contributed by atoms with Crippen LogP contribution in [0.5, 0.6) is 5.75 Å². The minimum atomic E-state index is -0.00926. The van der Waals surface area contributed by atoms with Crippen LogP contribution in [-0.4, -0.2) is 45.3 Å². The van der Waals surface area contributed by atoms with Gasteiger partial charge in [-0.2, -0.15) is 0 Å². The van der Waals surface area contributed by atoms with E-state index in [1.54, 1.807) is 21.1 Å². The van der Waals surface area contributed by atoms with E-state index in [-0.39, 0.29) is 29.0 Å². The van der Waals surface area contributed by atoms with Gasteiger partial charge in [-0.25, -0.2) is 0 Å². The molecule has 2 aliphatic rings. The summed E-state index contributed by atoms with van der Waals surface area (Å²) in [6.07, 6.45) is 8.82. The van der Waals surface area contributed by atoms with E-state index in [2.05, 4.69) is 82.4 Å². The Labute approximate surface area is 201 Å². The van der Waals surface area contributed by atoms with Crippen LogP contribution in [0.4, 0.5) is 0 Å². The van der Waals surface area contributed by atoms with E-state index in [0.29, 0.717) is 13.2 Å². The van der Waals surface area contributed by atoms with Crippen molar-refractivity contribution < 1.29 is 19.3 Å². The minimum Gasteiger partial charge on any atom is -0.491 e. The number of methoxy groups -OCH3 is 2. The average Bonchev–Trinajstić information content (AvgIpc) is 3.12. The zero-order valence-corrected chi connectivity index (χ0v) is 22.0. The number of hydrogen-bond acceptors (Lipinski definition) is 4. The normalized spacial score (nSPS) is 23.4. The number of benzene rings is 1. The number of fused-ring (bicyclic) bond motifs is 2. The van der Waals surface area contributed by atoms with Gasteiger partial charge in [-0.15, -0.1) is 0 Å². The molecular weight excluding hydrogens is 412 g/mol. The maximum Gasteiger partial charge on any atom is 0.119 e. The van der Waals surface area contributed by atoms with Crippen LogP contribution < -0.4 is 4.74 Å². The number of aliphatic hydroxyl groups is 1. The highest BCUT2D eigenvalue weighted by atomic mass is 16.5. The van der Waals surface area contributed by atoms with Crippen molar-refractivity contribution in [3.8, 4) is 5.75 Å². The molecule has 1 spiro atoms. The third-order valence-corrected chi connectivity index (χ3v) is 7.01. The molecule has 1 aromatic carbocycles. The van der Waals surface area contributed by atoms with Crippen LogP contribution in [0.25, 0.3) is 0 Å². The van der Waals surface area contributed by atoms with Gasteiger partial charge in [0.1, 0.15) is 12.4 Å². The Bertz CT molecular complexity index is 874. The van der Waals surface area contributed by atoms with Gasteiger partial charge in [0.15, 0.2) is 0 Å². The molecule has 0 aliphatic heterocycles. The second kappa shape index (κ2) is 11.0. The smallest absolute Gasteiger partial charge is 0.119 e. The molecule has 2 unspecified atom stereocenters. The molecule has 2 aliphatic carbocycles. The summed E-state index contributed by atoms with van der Waals surface area (Å²) >= 11 is 0. The molecule has 2 atom stereocenters. The average molecular weight is 457 g/mol. The molecule has 0 fully saturated rings. The lowest BCUT2D eigenvalue weighted by Gasteiger charge is -2.32. The van der Waals surface area contributed by atoms with Gasteiger partial charge in [0, 0.05) is 19.6 Å². The van der Waals surface area contributed by atoms with Crippen LogP contribution in [0.3, 0.4) is 0 Å². The summed E-state index contributed by atoms with van der Waals surface area (Å²) in [6, 6.07) is 6.69. The molecule has 0 aromatic heterocycles. The van der Waals surface area contributed by atoms with Crippen LogP contribution in [0.2, 0.25) is 0 Å². The number of ether oxygens (including phenoxy) is 3. The van der Waals surface area contributed by atoms with Crippen molar-refractivity contribution in [1.29, 1.82) is 0 Å². The lowest BCUT2D eigenvalue weighted by Crippen LogP contribution is -2.27. The number of aliphatic hydroxyl groups excluding tert-OH is 1. The molecule has 3 rings (SSSR count). The summed E-state index contributed by atoms with van der Waals surface area (Å²) in [7, 11) is 3.27. The van der Waals surface area contributed by atoms with Gasteiger partial charge in [0.2, 0.25) is 0 Å². The highest BCUT2D eigenvalue weighted by molar-refractivity contribution is 5.61. The van der Waals surface area contributed by atoms with Gasteiger partial charge in [-0.05, 0) is 71.9 Å². The summed E-state index contributed by atoms with van der Waals surface area (Å²) < 4.78 is 15.7. The van der Waals surface area contributed by atoms with E-state index in [1.165, 1.54) is 22.3 Å². The lowest BCUT2D eigenvalue weighted by atomic mass is 9.71. The predicted molar refractivity (Wildman–Crippen MR) is 137 cm³/mol. The molecule has 1 N–H and O–H groups in total. The second-order valence-corrected chi connectivity index (χ2v) is 10.5. The largest absolute Gasteiger partial charge is 0.491 e. The van der Waals surface area contributed by atoms with Crippen molar-refractivity contribution in [3.63, 3.8) is 0 Å². The molecule has 4 heteroatoms. The van der Waals surface area contributed by atoms with E-state index in [4.69, 9.17) is 14.6 Å². The topological polar surface area (TPSA) is 47.9 Å². The Hall–Kier alpha value is -1.88. The summed E-state index contributed by atoms with van der Waals surface area (Å²) in [5.74, 6) is 0.939. The predicted octanol–water partition coefficient (Wildman–Crippen LogP) is 6.13. The Balaban J connectivity index is 0.000000569. The summed E-state index contributed by atoms with van der Waals surface area (Å²) in [6.45, 7) is 18.8. The van der Waals surface area contributed by atoms with Gasteiger partial charge < -0.3 is 19.3 Å². The number of hydrogen-bond donors (Lipinski definition) is 1. The molecule has 0 amide bonds. The fourth-order valence-electron chi connectivity index (χ4n) is 5.62. The summed E-state index contributed by atoms with van der Waals surface area (Å²) in [4.78, 5) is 0. The highest BCUT2D eigenvalue weighted by Crippen LogP contribution is 2.64. The SMILES string of the molecule is C=CC1=C(/C=C\C)C2(CC1(C)C)CC(C)(C)c1cc(OCCOC)ccc12.COC(C)CO. The molecule has 33 heavy (non-hydrogen) atoms. The second-order valence-electron chi connectivity index (χ2n) is 10.5. The van der Waals surface area contributed by atoms with Crippen LogP contribution >= 0.6 is 0 Å². The third kappa shape index (κ3) is 5.62. The van der Waals surface area contributed by atoms with Gasteiger partial charge in [-0.1, -0.05) is 58.6 Å². The van der Waals surface area contributed by atoms with Gasteiger partial charge in [-0.3, -0.25) is 0 Å². The van der Waals surface area contributed by atoms with Crippen molar-refractivity contribution in [2.45, 2.75) is 71.3 Å². The van der Waals surface area contributed by atoms with Crippen molar-refractivity contribution in [2.24, 2.45) is 5.41 Å². The molecule has 0 bridgehead atoms. The zero-order valence-electron chi connectivity index (χ0n) is 22.0. The first kappa shape index (κ1) is 27.4. The van der Waals surface area contributed by atoms with E-state index in [9.17, 15) is 0 Å². The maximum absolute atomic E-state index is 8.21. The Morgan fingerprint density at radius 2 is 1.70 bits per heavy atom. The first-order valence-corrected chi connectivity index (χ1v) is 11.9. The van der Waals surface area contributed by atoms with Crippen molar-refractivity contribution in [1.82, 2.24) is 0 Å². The molecular formula is C29H44O4. The summed E-state index contributed by atoms with van der Waals surface area (Å²) in [5, 5.41) is 8.21. The fourth-order valence-corrected chi connectivity index (χ4v) is 5.62. The number of allylic oxidation sites excluding steroid dienone is 5. The van der Waals surface area contributed by atoms with Crippen molar-refractivity contribution in [3.05, 3.63) is 65.3 Å². The van der Waals surface area contributed by atoms with Crippen molar-refractivity contribution in [2.75, 3.05) is 34.0 Å². The molecule has 0 radical (unpaired) electrons. The molecule has 4 nitrogen and oxygen atoms in total. The molecule has 0 saturated heterocycles. The van der Waals surface area contributed by atoms with Gasteiger partial charge >= 0.3 is 0 Å². The minimum absolute atomic E-state index is 0.00926. The Morgan fingerprint density at radius 1 is 1.03 bits per heavy atom. The molecule has 184 valence electrons. The lowest BCUT2D eigenvalue weighted by molar-refractivity contribution is 0.0623. The Morgan fingerprint density at radius 3 is 2.21 bits per heavy atom. The molecule has 0 heterocycles. The quantitative estimate of drug-likeness (QED) is 0.478. The highest BCUT2D eigenvalue weighted by Gasteiger charge is 2.56. The van der Waals surface area contributed by atoms with Crippen LogP contribution in [-0.2, 0) is 20.3 Å². The zero-order chi connectivity index (χ0) is 24.9. The van der Waals surface area contributed by atoms with E-state index >= 15 is 0 Å². The maximum atomic E-state index is 8.21. The first-order valence-electron chi connectivity index (χ1n) is 11.9. The first-order chi connectivity index (χ1) is 15.5. The van der Waals surface area contributed by atoms with E-state index < -0.39 is 0 Å². The van der Waals surface area contributed by atoms with E-state index in [1.807, 2.05) is 0 Å². The fraction of sp³-hybridized carbons (Fsp3) is 0.586. The third-order valence-electron chi connectivity index (χ3n) is 7.01. The van der Waals surface area contributed by atoms with Gasteiger partial charge in [0.05, 0.1) is 19.3 Å². The van der Waals surface area contributed by atoms with Crippen LogP contribution in [0.15, 0.2) is 54.2 Å². The van der Waals surface area contributed by atoms with Gasteiger partial charge in [0.25, 0.3) is 0 Å². The molecule has 0 saturated carbocycles. The standard InChI is InChI=1S/C25H34O2.C4H10O2/c1-8-10-20-19(9-2)23(3,4)16-25(20)17-24(5,6)22-15-18(11-12-21(22)25)27-14-13-26-7;1-4(3-5)6-2/h8-12,15H,2,13-14,16-17H2,1,3-7H3;4-5H,3H2,1-2H3/b10-8-;. The Kier molecular flexibility index (Phi) is 9.15. The van der Waals surface area contributed by atoms with Crippen molar-refractivity contribution >= 4 is 0 Å². The van der Waals surface area contributed by atoms with Crippen LogP contribution in [0.1, 0.15) is 65.5 Å².